The van der Waals surface area contributed by atoms with Gasteiger partial charge in [0.2, 0.25) is 5.13 Å². The van der Waals surface area contributed by atoms with E-state index in [0.29, 0.717) is 43.4 Å². The van der Waals surface area contributed by atoms with Crippen molar-refractivity contribution < 1.29 is 18.0 Å². The first kappa shape index (κ1) is 21.6. The first-order valence-electron chi connectivity index (χ1n) is 9.58. The number of hydrogen-bond acceptors (Lipinski definition) is 5. The van der Waals surface area contributed by atoms with E-state index in [9.17, 15) is 18.0 Å². The predicted molar refractivity (Wildman–Crippen MR) is 114 cm³/mol. The fourth-order valence-corrected chi connectivity index (χ4v) is 4.20. The highest BCUT2D eigenvalue weighted by Gasteiger charge is 2.32. The molecule has 0 spiro atoms. The van der Waals surface area contributed by atoms with Gasteiger partial charge in [0, 0.05) is 54.7 Å². The number of hydrogen-bond donors (Lipinski definition) is 0. The van der Waals surface area contributed by atoms with Crippen molar-refractivity contribution in [3.63, 3.8) is 0 Å². The molecule has 0 radical (unpaired) electrons. The zero-order chi connectivity index (χ0) is 22.0. The third kappa shape index (κ3) is 5.16. The number of carbonyl (C=O) groups is 1. The molecule has 2 heterocycles. The third-order valence-corrected chi connectivity index (χ3v) is 6.07. The van der Waals surface area contributed by atoms with Crippen molar-refractivity contribution in [1.82, 2.24) is 14.3 Å². The molecular weight excluding hydrogens is 449 g/mol. The predicted octanol–water partition coefficient (Wildman–Crippen LogP) is 4.76. The first-order chi connectivity index (χ1) is 14.8. The van der Waals surface area contributed by atoms with Crippen molar-refractivity contribution in [1.29, 1.82) is 0 Å². The average Bonchev–Trinajstić information content (AvgIpc) is 3.23. The van der Waals surface area contributed by atoms with Crippen molar-refractivity contribution in [3.8, 4) is 0 Å². The van der Waals surface area contributed by atoms with Crippen molar-refractivity contribution in [2.24, 2.45) is 0 Å². The minimum Gasteiger partial charge on any atom is -0.343 e. The second kappa shape index (κ2) is 8.84. The van der Waals surface area contributed by atoms with Gasteiger partial charge in [-0.1, -0.05) is 29.8 Å². The van der Waals surface area contributed by atoms with Crippen LogP contribution in [-0.2, 0) is 12.6 Å². The number of piperazine rings is 1. The Morgan fingerprint density at radius 3 is 2.45 bits per heavy atom. The van der Waals surface area contributed by atoms with Crippen LogP contribution in [0, 0.1) is 0 Å². The highest BCUT2D eigenvalue weighted by molar-refractivity contribution is 7.09. The molecule has 0 saturated carbocycles. The summed E-state index contributed by atoms with van der Waals surface area (Å²) in [7, 11) is 0. The van der Waals surface area contributed by atoms with Crippen LogP contribution in [0.3, 0.4) is 0 Å². The largest absolute Gasteiger partial charge is 0.416 e. The lowest BCUT2D eigenvalue weighted by Crippen LogP contribution is -2.48. The Bertz CT molecular complexity index is 1060. The Morgan fingerprint density at radius 2 is 1.77 bits per heavy atom. The third-order valence-electron chi connectivity index (χ3n) is 5.01. The van der Waals surface area contributed by atoms with Crippen LogP contribution in [0.4, 0.5) is 18.3 Å². The average molecular weight is 467 g/mol. The topological polar surface area (TPSA) is 49.3 Å². The van der Waals surface area contributed by atoms with Crippen LogP contribution in [0.25, 0.3) is 0 Å². The van der Waals surface area contributed by atoms with Crippen LogP contribution in [-0.4, -0.2) is 46.3 Å². The van der Waals surface area contributed by atoms with Crippen LogP contribution in [0.2, 0.25) is 5.02 Å². The van der Waals surface area contributed by atoms with Gasteiger partial charge in [0.05, 0.1) is 5.56 Å². The number of rotatable bonds is 4. The SMILES string of the molecule is O=C(c1cccc(C(F)(F)F)c1)N1CCN(c2nc(Cc3ccc(Cl)cc3)ns2)CC1. The molecule has 1 aliphatic heterocycles. The number of aromatic nitrogens is 2. The van der Waals surface area contributed by atoms with Gasteiger partial charge in [-0.2, -0.15) is 17.5 Å². The van der Waals surface area contributed by atoms with Crippen molar-refractivity contribution >= 4 is 34.2 Å². The second-order valence-electron chi connectivity index (χ2n) is 7.15. The number of carbonyl (C=O) groups excluding carboxylic acids is 1. The van der Waals surface area contributed by atoms with Gasteiger partial charge >= 0.3 is 6.18 Å². The van der Waals surface area contributed by atoms with Crippen LogP contribution in [0.15, 0.2) is 48.5 Å². The Balaban J connectivity index is 1.36. The fourth-order valence-electron chi connectivity index (χ4n) is 3.34. The summed E-state index contributed by atoms with van der Waals surface area (Å²) in [5, 5.41) is 1.45. The molecule has 1 aromatic heterocycles. The molecule has 0 aliphatic carbocycles. The van der Waals surface area contributed by atoms with Gasteiger partial charge in [-0.3, -0.25) is 4.79 Å². The number of alkyl halides is 3. The van der Waals surface area contributed by atoms with Gasteiger partial charge in [0.25, 0.3) is 5.91 Å². The van der Waals surface area contributed by atoms with Gasteiger partial charge in [0.1, 0.15) is 5.82 Å². The van der Waals surface area contributed by atoms with E-state index in [4.69, 9.17) is 11.6 Å². The summed E-state index contributed by atoms with van der Waals surface area (Å²) in [5.41, 5.74) is 0.286. The summed E-state index contributed by atoms with van der Waals surface area (Å²) in [6.45, 7) is 1.89. The number of anilines is 1. The van der Waals surface area contributed by atoms with Gasteiger partial charge in [-0.15, -0.1) is 0 Å². The van der Waals surface area contributed by atoms with E-state index >= 15 is 0 Å². The maximum absolute atomic E-state index is 12.9. The standard InChI is InChI=1S/C21H18ClF3N4OS/c22-17-6-4-14(5-7-17)12-18-26-20(31-27-18)29-10-8-28(9-11-29)19(30)15-2-1-3-16(13-15)21(23,24)25/h1-7,13H,8-12H2. The Labute approximate surface area is 186 Å². The van der Waals surface area contributed by atoms with Crippen LogP contribution < -0.4 is 4.90 Å². The molecule has 0 N–H and O–H groups in total. The summed E-state index contributed by atoms with van der Waals surface area (Å²) in [4.78, 5) is 20.9. The van der Waals surface area contributed by atoms with E-state index in [0.717, 1.165) is 22.8 Å². The van der Waals surface area contributed by atoms with Crippen LogP contribution in [0.1, 0.15) is 27.3 Å². The molecule has 0 unspecified atom stereocenters. The quantitative estimate of drug-likeness (QED) is 0.556. The lowest BCUT2D eigenvalue weighted by molar-refractivity contribution is -0.137. The molecule has 4 rings (SSSR count). The van der Waals surface area contributed by atoms with Gasteiger partial charge in [-0.05, 0) is 35.9 Å². The van der Waals surface area contributed by atoms with E-state index in [1.165, 1.54) is 23.7 Å². The van der Waals surface area contributed by atoms with E-state index in [1.54, 1.807) is 4.90 Å². The van der Waals surface area contributed by atoms with Crippen molar-refractivity contribution in [2.75, 3.05) is 31.1 Å². The molecule has 10 heteroatoms. The molecule has 5 nitrogen and oxygen atoms in total. The maximum Gasteiger partial charge on any atom is 0.416 e. The van der Waals surface area contributed by atoms with Crippen LogP contribution in [0.5, 0.6) is 0 Å². The molecular formula is C21H18ClF3N4OS. The van der Waals surface area contributed by atoms with Crippen molar-refractivity contribution in [3.05, 3.63) is 76.1 Å². The molecule has 0 bridgehead atoms. The molecule has 162 valence electrons. The second-order valence-corrected chi connectivity index (χ2v) is 8.32. The normalized spacial score (nSPS) is 14.7. The molecule has 31 heavy (non-hydrogen) atoms. The van der Waals surface area contributed by atoms with Crippen molar-refractivity contribution in [2.45, 2.75) is 12.6 Å². The van der Waals surface area contributed by atoms with Gasteiger partial charge in [0.15, 0.2) is 0 Å². The molecule has 1 amide bonds. The van der Waals surface area contributed by atoms with Gasteiger partial charge in [-0.25, -0.2) is 4.98 Å². The molecule has 2 aromatic carbocycles. The lowest BCUT2D eigenvalue weighted by atomic mass is 10.1. The Hall–Kier alpha value is -2.65. The monoisotopic (exact) mass is 466 g/mol. The molecule has 0 atom stereocenters. The zero-order valence-corrected chi connectivity index (χ0v) is 17.8. The summed E-state index contributed by atoms with van der Waals surface area (Å²) in [6, 6.07) is 12.1. The van der Waals surface area contributed by atoms with E-state index < -0.39 is 17.6 Å². The Morgan fingerprint density at radius 1 is 1.06 bits per heavy atom. The minimum absolute atomic E-state index is 0.0458. The van der Waals surface area contributed by atoms with E-state index in [2.05, 4.69) is 9.36 Å². The smallest absolute Gasteiger partial charge is 0.343 e. The summed E-state index contributed by atoms with van der Waals surface area (Å²) in [6.07, 6.45) is -3.88. The minimum atomic E-state index is -4.48. The number of benzene rings is 2. The molecule has 1 fully saturated rings. The zero-order valence-electron chi connectivity index (χ0n) is 16.3. The molecule has 1 aliphatic rings. The first-order valence-corrected chi connectivity index (χ1v) is 10.7. The summed E-state index contributed by atoms with van der Waals surface area (Å²) in [5.74, 6) is 0.316. The number of halogens is 4. The Kier molecular flexibility index (Phi) is 6.15. The highest BCUT2D eigenvalue weighted by atomic mass is 35.5. The van der Waals surface area contributed by atoms with Crippen LogP contribution >= 0.6 is 23.1 Å². The maximum atomic E-state index is 12.9. The number of nitrogens with zero attached hydrogens (tertiary/aromatic N) is 4. The highest BCUT2D eigenvalue weighted by Crippen LogP contribution is 2.30. The lowest BCUT2D eigenvalue weighted by Gasteiger charge is -2.34. The summed E-state index contributed by atoms with van der Waals surface area (Å²) < 4.78 is 43.2. The fraction of sp³-hybridized carbons (Fsp3) is 0.286. The number of amides is 1. The van der Waals surface area contributed by atoms with E-state index in [-0.39, 0.29) is 5.56 Å². The molecule has 3 aromatic rings. The van der Waals surface area contributed by atoms with Gasteiger partial charge < -0.3 is 9.80 Å². The molecule has 1 saturated heterocycles. The summed E-state index contributed by atoms with van der Waals surface area (Å²) >= 11 is 7.21. The van der Waals surface area contributed by atoms with E-state index in [1.807, 2.05) is 29.2 Å².